The Morgan fingerprint density at radius 2 is 2.18 bits per heavy atom. The van der Waals surface area contributed by atoms with Gasteiger partial charge in [0.1, 0.15) is 6.10 Å². The highest BCUT2D eigenvalue weighted by Gasteiger charge is 2.19. The quantitative estimate of drug-likeness (QED) is 0.620. The van der Waals surface area contributed by atoms with Gasteiger partial charge in [0.15, 0.2) is 5.78 Å². The fraction of sp³-hybridized carbons (Fsp3) is 0.500. The molecule has 0 fully saturated rings. The molecule has 5 heteroatoms. The molecule has 0 aromatic carbocycles. The van der Waals surface area contributed by atoms with Gasteiger partial charge >= 0.3 is 0 Å². The highest BCUT2D eigenvalue weighted by molar-refractivity contribution is 5.93. The molecule has 1 aromatic heterocycles. The number of aromatic nitrogens is 1. The molecular formula is C12H18N2O3. The lowest BCUT2D eigenvalue weighted by Crippen LogP contribution is -2.24. The number of hydrogen-bond donors (Lipinski definition) is 3. The van der Waals surface area contributed by atoms with E-state index >= 15 is 0 Å². The molecule has 3 N–H and O–H groups in total. The van der Waals surface area contributed by atoms with Crippen LogP contribution in [0, 0.1) is 0 Å². The molecule has 2 atom stereocenters. The average Bonchev–Trinajstić information content (AvgIpc) is 2.35. The molecule has 1 rings (SSSR count). The van der Waals surface area contributed by atoms with E-state index < -0.39 is 12.2 Å². The van der Waals surface area contributed by atoms with Crippen molar-refractivity contribution in [3.63, 3.8) is 0 Å². The normalized spacial score (nSPS) is 14.4. The molecule has 0 saturated heterocycles. The summed E-state index contributed by atoms with van der Waals surface area (Å²) in [6, 6.07) is 3.16. The largest absolute Gasteiger partial charge is 0.390 e. The topological polar surface area (TPSA) is 82.5 Å². The first-order valence-corrected chi connectivity index (χ1v) is 5.54. The minimum Gasteiger partial charge on any atom is -0.390 e. The van der Waals surface area contributed by atoms with Gasteiger partial charge in [-0.3, -0.25) is 9.78 Å². The van der Waals surface area contributed by atoms with Crippen molar-refractivity contribution >= 4 is 5.78 Å². The number of ketones is 1. The fourth-order valence-corrected chi connectivity index (χ4v) is 1.44. The second-order valence-electron chi connectivity index (χ2n) is 3.93. The molecule has 2 unspecified atom stereocenters. The van der Waals surface area contributed by atoms with Gasteiger partial charge in [0.2, 0.25) is 0 Å². The van der Waals surface area contributed by atoms with Crippen molar-refractivity contribution in [3.8, 4) is 0 Å². The molecule has 0 spiro atoms. The van der Waals surface area contributed by atoms with Crippen molar-refractivity contribution in [2.45, 2.75) is 25.6 Å². The second kappa shape index (κ2) is 6.44. The van der Waals surface area contributed by atoms with Gasteiger partial charge < -0.3 is 15.5 Å². The van der Waals surface area contributed by atoms with Gasteiger partial charge in [-0.15, -0.1) is 0 Å². The third-order valence-electron chi connectivity index (χ3n) is 2.55. The summed E-state index contributed by atoms with van der Waals surface area (Å²) in [5.41, 5.74) is 0.865. The Hall–Kier alpha value is -1.30. The monoisotopic (exact) mass is 238 g/mol. The van der Waals surface area contributed by atoms with E-state index in [0.29, 0.717) is 24.2 Å². The van der Waals surface area contributed by atoms with Crippen LogP contribution in [0.2, 0.25) is 0 Å². The average molecular weight is 238 g/mol. The maximum Gasteiger partial charge on any atom is 0.161 e. The first kappa shape index (κ1) is 13.8. The molecule has 0 radical (unpaired) electrons. The van der Waals surface area contributed by atoms with E-state index in [2.05, 4.69) is 10.3 Å². The zero-order valence-electron chi connectivity index (χ0n) is 10.1. The predicted octanol–water partition coefficient (Wildman–Crippen LogP) is 0.288. The predicted molar refractivity (Wildman–Crippen MR) is 63.8 cm³/mol. The zero-order chi connectivity index (χ0) is 12.8. The molecule has 0 bridgehead atoms. The third-order valence-corrected chi connectivity index (χ3v) is 2.55. The minimum atomic E-state index is -1.02. The van der Waals surface area contributed by atoms with Crippen LogP contribution in [0.25, 0.3) is 0 Å². The minimum absolute atomic E-state index is 0.0747. The number of carbonyl (C=O) groups is 1. The van der Waals surface area contributed by atoms with Crippen LogP contribution >= 0.6 is 0 Å². The molecule has 1 heterocycles. The summed E-state index contributed by atoms with van der Waals surface area (Å²) < 4.78 is 0. The SMILES string of the molecule is CNCCC(O)C(O)c1ccc(C(C)=O)cn1. The van der Waals surface area contributed by atoms with Crippen LogP contribution < -0.4 is 5.32 Å². The molecule has 17 heavy (non-hydrogen) atoms. The molecule has 0 aliphatic rings. The van der Waals surface area contributed by atoms with Crippen molar-refractivity contribution in [1.82, 2.24) is 10.3 Å². The van der Waals surface area contributed by atoms with Crippen LogP contribution in [0.1, 0.15) is 35.5 Å². The first-order valence-electron chi connectivity index (χ1n) is 5.54. The molecule has 0 amide bonds. The number of nitrogens with zero attached hydrogens (tertiary/aromatic N) is 1. The Morgan fingerprint density at radius 3 is 2.65 bits per heavy atom. The number of carbonyl (C=O) groups excluding carboxylic acids is 1. The Kier molecular flexibility index (Phi) is 5.21. The van der Waals surface area contributed by atoms with Gasteiger partial charge in [0, 0.05) is 11.8 Å². The molecular weight excluding hydrogens is 220 g/mol. The molecule has 1 aromatic rings. The standard InChI is InChI=1S/C12H18N2O3/c1-8(15)9-3-4-10(14-7-9)12(17)11(16)5-6-13-2/h3-4,7,11-13,16-17H,5-6H2,1-2H3. The van der Waals surface area contributed by atoms with E-state index in [1.807, 2.05) is 0 Å². The highest BCUT2D eigenvalue weighted by atomic mass is 16.3. The first-order chi connectivity index (χ1) is 8.06. The number of aliphatic hydroxyl groups is 2. The molecule has 0 saturated carbocycles. The number of Topliss-reactive ketones (excluding diaryl/α,β-unsaturated/α-hetero) is 1. The van der Waals surface area contributed by atoms with Crippen molar-refractivity contribution in [1.29, 1.82) is 0 Å². The Balaban J connectivity index is 2.68. The third kappa shape index (κ3) is 3.89. The summed E-state index contributed by atoms with van der Waals surface area (Å²) in [6.07, 6.45) is -0.0399. The van der Waals surface area contributed by atoms with E-state index in [0.717, 1.165) is 0 Å². The number of aliphatic hydroxyl groups excluding tert-OH is 2. The van der Waals surface area contributed by atoms with E-state index in [1.54, 1.807) is 19.2 Å². The van der Waals surface area contributed by atoms with Gasteiger partial charge in [0.05, 0.1) is 11.8 Å². The van der Waals surface area contributed by atoms with Crippen LogP contribution in [0.5, 0.6) is 0 Å². The van der Waals surface area contributed by atoms with E-state index in [1.165, 1.54) is 13.1 Å². The number of hydrogen-bond acceptors (Lipinski definition) is 5. The van der Waals surface area contributed by atoms with E-state index in [4.69, 9.17) is 0 Å². The van der Waals surface area contributed by atoms with Gasteiger partial charge in [-0.05, 0) is 39.1 Å². The van der Waals surface area contributed by atoms with Crippen LogP contribution in [0.3, 0.4) is 0 Å². The van der Waals surface area contributed by atoms with Gasteiger partial charge in [-0.1, -0.05) is 0 Å². The lowest BCUT2D eigenvalue weighted by molar-refractivity contribution is 0.0115. The summed E-state index contributed by atoms with van der Waals surface area (Å²) in [7, 11) is 1.78. The Bertz CT molecular complexity index is 365. The smallest absolute Gasteiger partial charge is 0.161 e. The molecule has 5 nitrogen and oxygen atoms in total. The molecule has 0 aliphatic heterocycles. The summed E-state index contributed by atoms with van der Waals surface area (Å²) in [6.45, 7) is 2.07. The molecule has 94 valence electrons. The van der Waals surface area contributed by atoms with Crippen molar-refractivity contribution in [2.75, 3.05) is 13.6 Å². The van der Waals surface area contributed by atoms with E-state index in [9.17, 15) is 15.0 Å². The van der Waals surface area contributed by atoms with Crippen LogP contribution in [0.15, 0.2) is 18.3 Å². The van der Waals surface area contributed by atoms with Crippen molar-refractivity contribution in [3.05, 3.63) is 29.6 Å². The lowest BCUT2D eigenvalue weighted by Gasteiger charge is -2.17. The number of pyridine rings is 1. The van der Waals surface area contributed by atoms with Gasteiger partial charge in [-0.25, -0.2) is 0 Å². The van der Waals surface area contributed by atoms with Crippen LogP contribution in [0.4, 0.5) is 0 Å². The lowest BCUT2D eigenvalue weighted by atomic mass is 10.1. The summed E-state index contributed by atoms with van der Waals surface area (Å²) in [5.74, 6) is -0.0747. The Morgan fingerprint density at radius 1 is 1.47 bits per heavy atom. The zero-order valence-corrected chi connectivity index (χ0v) is 10.1. The molecule has 0 aliphatic carbocycles. The fourth-order valence-electron chi connectivity index (χ4n) is 1.44. The Labute approximate surface area is 101 Å². The number of rotatable bonds is 6. The maximum atomic E-state index is 11.0. The van der Waals surface area contributed by atoms with Gasteiger partial charge in [0.25, 0.3) is 0 Å². The van der Waals surface area contributed by atoms with Crippen molar-refractivity contribution in [2.24, 2.45) is 0 Å². The van der Waals surface area contributed by atoms with E-state index in [-0.39, 0.29) is 5.78 Å². The summed E-state index contributed by atoms with van der Waals surface area (Å²) in [5, 5.41) is 22.4. The van der Waals surface area contributed by atoms with Crippen molar-refractivity contribution < 1.29 is 15.0 Å². The number of nitrogens with one attached hydrogen (secondary N) is 1. The van der Waals surface area contributed by atoms with Crippen LogP contribution in [-0.4, -0.2) is 40.7 Å². The summed E-state index contributed by atoms with van der Waals surface area (Å²) in [4.78, 5) is 15.0. The maximum absolute atomic E-state index is 11.0. The second-order valence-corrected chi connectivity index (χ2v) is 3.93. The highest BCUT2D eigenvalue weighted by Crippen LogP contribution is 2.16. The van der Waals surface area contributed by atoms with Crippen LogP contribution in [-0.2, 0) is 0 Å². The summed E-state index contributed by atoms with van der Waals surface area (Å²) >= 11 is 0. The van der Waals surface area contributed by atoms with Gasteiger partial charge in [-0.2, -0.15) is 0 Å².